The molecule has 0 saturated carbocycles. The molecule has 56 valence electrons. The Morgan fingerprint density at radius 1 is 1.20 bits per heavy atom. The van der Waals surface area contributed by atoms with Gasteiger partial charge in [0.2, 0.25) is 0 Å². The van der Waals surface area contributed by atoms with E-state index in [1.54, 1.807) is 0 Å². The van der Waals surface area contributed by atoms with Gasteiger partial charge in [-0.05, 0) is 31.0 Å². The molecule has 0 fully saturated rings. The molecule has 0 atom stereocenters. The zero-order chi connectivity index (χ0) is 6.85. The third-order valence-corrected chi connectivity index (χ3v) is 2.06. The van der Waals surface area contributed by atoms with Gasteiger partial charge in [-0.3, -0.25) is 0 Å². The molecule has 10 heavy (non-hydrogen) atoms. The Kier molecular flexibility index (Phi) is 3.47. The lowest BCUT2D eigenvalue weighted by molar-refractivity contribution is 0.824. The minimum absolute atomic E-state index is 0. The van der Waals surface area contributed by atoms with Crippen molar-refractivity contribution in [3.8, 4) is 0 Å². The number of hydrogen-bond donors (Lipinski definition) is 1. The van der Waals surface area contributed by atoms with Gasteiger partial charge >= 0.3 is 0 Å². The van der Waals surface area contributed by atoms with Crippen LogP contribution in [0.15, 0.2) is 23.1 Å². The van der Waals surface area contributed by atoms with Crippen molar-refractivity contribution >= 4 is 12.6 Å². The Morgan fingerprint density at radius 3 is 2.20 bits per heavy atom. The molecule has 0 radical (unpaired) electrons. The molecule has 0 spiro atoms. The maximum Gasteiger partial charge on any atom is 0.00718 e. The highest BCUT2D eigenvalue weighted by atomic mass is 32.1. The number of thiol groups is 1. The maximum atomic E-state index is 4.27. The van der Waals surface area contributed by atoms with Crippen LogP contribution in [0.1, 0.15) is 11.1 Å². The standard InChI is InChI=1S/C8H10S.H2O/c1-6-4-3-5-8(9)7(6)2;/h3-5,9H,1-2H3;1H2. The molecule has 2 heteroatoms. The van der Waals surface area contributed by atoms with Crippen molar-refractivity contribution in [3.05, 3.63) is 29.3 Å². The molecule has 0 aliphatic heterocycles. The van der Waals surface area contributed by atoms with Crippen molar-refractivity contribution < 1.29 is 5.48 Å². The minimum atomic E-state index is 0. The van der Waals surface area contributed by atoms with Crippen LogP contribution in [0.25, 0.3) is 0 Å². The van der Waals surface area contributed by atoms with Gasteiger partial charge in [-0.15, -0.1) is 12.6 Å². The molecular formula is C8H12OS. The summed E-state index contributed by atoms with van der Waals surface area (Å²) in [5.41, 5.74) is 2.59. The third kappa shape index (κ3) is 1.75. The van der Waals surface area contributed by atoms with Crippen LogP contribution in [0.3, 0.4) is 0 Å². The Balaban J connectivity index is 0.000000810. The van der Waals surface area contributed by atoms with Crippen LogP contribution in [0.4, 0.5) is 0 Å². The molecule has 0 aliphatic carbocycles. The fraction of sp³-hybridized carbons (Fsp3) is 0.250. The Labute approximate surface area is 66.8 Å². The smallest absolute Gasteiger partial charge is 0.00718 e. The van der Waals surface area contributed by atoms with E-state index in [2.05, 4.69) is 32.5 Å². The molecule has 0 saturated heterocycles. The van der Waals surface area contributed by atoms with E-state index in [-0.39, 0.29) is 5.48 Å². The molecule has 0 aromatic heterocycles. The molecular weight excluding hydrogens is 144 g/mol. The highest BCUT2D eigenvalue weighted by molar-refractivity contribution is 7.80. The quantitative estimate of drug-likeness (QED) is 0.555. The van der Waals surface area contributed by atoms with Gasteiger partial charge in [-0.1, -0.05) is 12.1 Å². The zero-order valence-corrected chi connectivity index (χ0v) is 7.07. The van der Waals surface area contributed by atoms with Crippen LogP contribution < -0.4 is 0 Å². The number of aryl methyl sites for hydroxylation is 1. The molecule has 1 aromatic carbocycles. The van der Waals surface area contributed by atoms with Crippen molar-refractivity contribution in [2.75, 3.05) is 0 Å². The van der Waals surface area contributed by atoms with Crippen LogP contribution in [-0.2, 0) is 0 Å². The Morgan fingerprint density at radius 2 is 1.80 bits per heavy atom. The van der Waals surface area contributed by atoms with E-state index in [9.17, 15) is 0 Å². The van der Waals surface area contributed by atoms with Gasteiger partial charge in [0.1, 0.15) is 0 Å². The fourth-order valence-corrected chi connectivity index (χ4v) is 0.998. The van der Waals surface area contributed by atoms with Gasteiger partial charge in [0.15, 0.2) is 0 Å². The summed E-state index contributed by atoms with van der Waals surface area (Å²) in [4.78, 5) is 1.08. The van der Waals surface area contributed by atoms with Gasteiger partial charge in [0.05, 0.1) is 0 Å². The summed E-state index contributed by atoms with van der Waals surface area (Å²) in [6.07, 6.45) is 0. The summed E-state index contributed by atoms with van der Waals surface area (Å²) in [5, 5.41) is 0. The largest absolute Gasteiger partial charge is 0.412 e. The zero-order valence-electron chi connectivity index (χ0n) is 6.18. The predicted octanol–water partition coefficient (Wildman–Crippen LogP) is 1.77. The summed E-state index contributed by atoms with van der Waals surface area (Å²) in [6, 6.07) is 6.12. The maximum absolute atomic E-state index is 4.27. The first-order valence-corrected chi connectivity index (χ1v) is 3.41. The second-order valence-electron chi connectivity index (χ2n) is 2.22. The average molecular weight is 156 g/mol. The first-order chi connectivity index (χ1) is 4.22. The van der Waals surface area contributed by atoms with Crippen LogP contribution in [0, 0.1) is 13.8 Å². The van der Waals surface area contributed by atoms with Gasteiger partial charge in [0, 0.05) is 4.90 Å². The normalized spacial score (nSPS) is 8.70. The van der Waals surface area contributed by atoms with Crippen LogP contribution in [-0.4, -0.2) is 5.48 Å². The summed E-state index contributed by atoms with van der Waals surface area (Å²) in [7, 11) is 0. The Hall–Kier alpha value is -0.470. The highest BCUT2D eigenvalue weighted by Crippen LogP contribution is 2.15. The molecule has 0 amide bonds. The molecule has 0 heterocycles. The minimum Gasteiger partial charge on any atom is -0.412 e. The van der Waals surface area contributed by atoms with E-state index in [0.717, 1.165) is 4.90 Å². The third-order valence-electron chi connectivity index (χ3n) is 1.58. The van der Waals surface area contributed by atoms with E-state index < -0.39 is 0 Å². The van der Waals surface area contributed by atoms with E-state index in [1.165, 1.54) is 11.1 Å². The molecule has 0 unspecified atom stereocenters. The second kappa shape index (κ2) is 3.64. The van der Waals surface area contributed by atoms with Crippen molar-refractivity contribution in [3.63, 3.8) is 0 Å². The summed E-state index contributed by atoms with van der Waals surface area (Å²) < 4.78 is 0. The lowest BCUT2D eigenvalue weighted by Crippen LogP contribution is -1.79. The lowest BCUT2D eigenvalue weighted by Gasteiger charge is -2.00. The van der Waals surface area contributed by atoms with E-state index in [1.807, 2.05) is 12.1 Å². The number of benzene rings is 1. The fourth-order valence-electron chi connectivity index (χ4n) is 0.736. The summed E-state index contributed by atoms with van der Waals surface area (Å²) >= 11 is 4.27. The second-order valence-corrected chi connectivity index (χ2v) is 2.70. The van der Waals surface area contributed by atoms with Crippen LogP contribution in [0.5, 0.6) is 0 Å². The number of hydrogen-bond acceptors (Lipinski definition) is 1. The predicted molar refractivity (Wildman–Crippen MR) is 46.8 cm³/mol. The van der Waals surface area contributed by atoms with E-state index in [0.29, 0.717) is 0 Å². The molecule has 1 aromatic rings. The lowest BCUT2D eigenvalue weighted by atomic mass is 10.1. The van der Waals surface area contributed by atoms with Crippen LogP contribution >= 0.6 is 12.6 Å². The van der Waals surface area contributed by atoms with Gasteiger partial charge in [-0.25, -0.2) is 0 Å². The molecule has 2 N–H and O–H groups in total. The van der Waals surface area contributed by atoms with E-state index >= 15 is 0 Å². The van der Waals surface area contributed by atoms with Crippen molar-refractivity contribution in [2.24, 2.45) is 0 Å². The van der Waals surface area contributed by atoms with Gasteiger partial charge in [0.25, 0.3) is 0 Å². The van der Waals surface area contributed by atoms with Gasteiger partial charge < -0.3 is 5.48 Å². The molecule has 0 aliphatic rings. The SMILES string of the molecule is Cc1cccc(S)c1C.O. The average Bonchev–Trinajstić information content (AvgIpc) is 1.83. The first-order valence-electron chi connectivity index (χ1n) is 2.97. The molecule has 0 bridgehead atoms. The number of rotatable bonds is 0. The van der Waals surface area contributed by atoms with Crippen molar-refractivity contribution in [1.29, 1.82) is 0 Å². The van der Waals surface area contributed by atoms with Gasteiger partial charge in [-0.2, -0.15) is 0 Å². The summed E-state index contributed by atoms with van der Waals surface area (Å²) in [5.74, 6) is 0. The van der Waals surface area contributed by atoms with Crippen LogP contribution in [0.2, 0.25) is 0 Å². The topological polar surface area (TPSA) is 31.5 Å². The van der Waals surface area contributed by atoms with Crippen molar-refractivity contribution in [1.82, 2.24) is 0 Å². The molecule has 1 nitrogen and oxygen atoms in total. The summed E-state index contributed by atoms with van der Waals surface area (Å²) in [6.45, 7) is 4.17. The molecule has 1 rings (SSSR count). The monoisotopic (exact) mass is 156 g/mol. The Bertz CT molecular complexity index is 200. The first kappa shape index (κ1) is 9.53. The highest BCUT2D eigenvalue weighted by Gasteiger charge is 1.92. The van der Waals surface area contributed by atoms with E-state index in [4.69, 9.17) is 0 Å². The van der Waals surface area contributed by atoms with Crippen molar-refractivity contribution in [2.45, 2.75) is 18.7 Å².